The van der Waals surface area contributed by atoms with Crippen LogP contribution in [0.4, 0.5) is 0 Å². The second kappa shape index (κ2) is 5.79. The highest BCUT2D eigenvalue weighted by atomic mass is 16.4. The summed E-state index contributed by atoms with van der Waals surface area (Å²) >= 11 is 0. The topological polar surface area (TPSA) is 96.5 Å². The highest BCUT2D eigenvalue weighted by molar-refractivity contribution is 6.06. The molecule has 1 heterocycles. The third kappa shape index (κ3) is 2.73. The number of aliphatic carboxylic acids is 1. The van der Waals surface area contributed by atoms with Gasteiger partial charge in [-0.1, -0.05) is 19.9 Å². The van der Waals surface area contributed by atoms with Gasteiger partial charge in [-0.2, -0.15) is 0 Å². The Labute approximate surface area is 112 Å². The predicted octanol–water partition coefficient (Wildman–Crippen LogP) is 0.478. The highest BCUT2D eigenvalue weighted by Crippen LogP contribution is 2.25. The van der Waals surface area contributed by atoms with E-state index in [4.69, 9.17) is 5.73 Å². The van der Waals surface area contributed by atoms with Crippen LogP contribution in [0.15, 0.2) is 24.4 Å². The minimum atomic E-state index is -1.74. The van der Waals surface area contributed by atoms with E-state index < -0.39 is 23.3 Å². The van der Waals surface area contributed by atoms with E-state index in [-0.39, 0.29) is 6.54 Å². The Balaban J connectivity index is 3.12. The molecule has 0 aromatic carbocycles. The summed E-state index contributed by atoms with van der Waals surface area (Å²) in [7, 11) is 1.56. The third-order valence-corrected chi connectivity index (χ3v) is 3.26. The van der Waals surface area contributed by atoms with E-state index in [0.29, 0.717) is 5.69 Å². The zero-order chi connectivity index (χ0) is 14.6. The minimum absolute atomic E-state index is 0.230. The Morgan fingerprint density at radius 1 is 1.47 bits per heavy atom. The molecule has 0 bridgehead atoms. The third-order valence-electron chi connectivity index (χ3n) is 3.26. The molecule has 104 valence electrons. The van der Waals surface area contributed by atoms with E-state index in [1.54, 1.807) is 45.3 Å². The molecule has 1 rings (SSSR count). The van der Waals surface area contributed by atoms with Crippen LogP contribution in [0.5, 0.6) is 0 Å². The van der Waals surface area contributed by atoms with Crippen molar-refractivity contribution in [3.63, 3.8) is 0 Å². The Kier molecular flexibility index (Phi) is 4.61. The number of amides is 1. The van der Waals surface area contributed by atoms with Gasteiger partial charge in [-0.05, 0) is 25.1 Å². The molecule has 19 heavy (non-hydrogen) atoms. The van der Waals surface area contributed by atoms with Crippen LogP contribution in [0.3, 0.4) is 0 Å². The summed E-state index contributed by atoms with van der Waals surface area (Å²) in [4.78, 5) is 28.8. The average Bonchev–Trinajstić information content (AvgIpc) is 2.29. The summed E-state index contributed by atoms with van der Waals surface area (Å²) in [6.45, 7) is 3.55. The van der Waals surface area contributed by atoms with Gasteiger partial charge in [-0.25, -0.2) is 4.79 Å². The van der Waals surface area contributed by atoms with E-state index in [1.807, 2.05) is 0 Å². The van der Waals surface area contributed by atoms with Gasteiger partial charge in [0.2, 0.25) is 11.4 Å². The molecule has 0 aliphatic carbocycles. The van der Waals surface area contributed by atoms with Crippen LogP contribution in [0.25, 0.3) is 0 Å². The number of aromatic nitrogens is 1. The lowest BCUT2D eigenvalue weighted by Gasteiger charge is -2.38. The Hall–Kier alpha value is -1.95. The first-order valence-electron chi connectivity index (χ1n) is 5.97. The number of primary amides is 1. The molecule has 6 nitrogen and oxygen atoms in total. The molecule has 6 heteroatoms. The van der Waals surface area contributed by atoms with Gasteiger partial charge < -0.3 is 10.8 Å². The first-order chi connectivity index (χ1) is 8.83. The largest absolute Gasteiger partial charge is 0.479 e. The maximum Gasteiger partial charge on any atom is 0.334 e. The second-order valence-corrected chi connectivity index (χ2v) is 4.77. The smallest absolute Gasteiger partial charge is 0.334 e. The van der Waals surface area contributed by atoms with Gasteiger partial charge in [0.25, 0.3) is 0 Å². The molecular weight excluding hydrogens is 246 g/mol. The van der Waals surface area contributed by atoms with Crippen LogP contribution in [0, 0.1) is 5.92 Å². The van der Waals surface area contributed by atoms with Crippen LogP contribution in [0.2, 0.25) is 0 Å². The van der Waals surface area contributed by atoms with Gasteiger partial charge >= 0.3 is 5.97 Å². The maximum absolute atomic E-state index is 11.7. The molecule has 0 saturated carbocycles. The molecule has 1 amide bonds. The summed E-state index contributed by atoms with van der Waals surface area (Å²) in [6, 6.07) is 5.34. The molecule has 1 aromatic heterocycles. The van der Waals surface area contributed by atoms with Crippen LogP contribution in [-0.4, -0.2) is 39.5 Å². The number of carbonyl (C=O) groups is 2. The summed E-state index contributed by atoms with van der Waals surface area (Å²) in [6.07, 6.45) is 1.62. The number of hydrogen-bond donors (Lipinski definition) is 2. The van der Waals surface area contributed by atoms with Crippen LogP contribution >= 0.6 is 0 Å². The zero-order valence-corrected chi connectivity index (χ0v) is 11.3. The Bertz CT molecular complexity index is 445. The summed E-state index contributed by atoms with van der Waals surface area (Å²) < 4.78 is 0. The van der Waals surface area contributed by atoms with Crippen molar-refractivity contribution in [1.29, 1.82) is 0 Å². The summed E-state index contributed by atoms with van der Waals surface area (Å²) in [5.41, 5.74) is 4.29. The van der Waals surface area contributed by atoms with Crippen molar-refractivity contribution in [1.82, 2.24) is 9.88 Å². The van der Waals surface area contributed by atoms with Crippen molar-refractivity contribution in [3.8, 4) is 0 Å². The number of pyridine rings is 1. The molecule has 0 aliphatic rings. The van der Waals surface area contributed by atoms with E-state index in [9.17, 15) is 14.7 Å². The van der Waals surface area contributed by atoms with Gasteiger partial charge in [-0.3, -0.25) is 14.7 Å². The fourth-order valence-corrected chi connectivity index (χ4v) is 2.29. The quantitative estimate of drug-likeness (QED) is 0.729. The molecule has 0 aliphatic heterocycles. The summed E-state index contributed by atoms with van der Waals surface area (Å²) in [5.74, 6) is -2.57. The van der Waals surface area contributed by atoms with Crippen LogP contribution < -0.4 is 5.73 Å². The van der Waals surface area contributed by atoms with Crippen molar-refractivity contribution in [2.45, 2.75) is 25.9 Å². The number of likely N-dealkylation sites (N-methyl/N-ethyl adjacent to an activating group) is 1. The molecule has 1 unspecified atom stereocenters. The molecule has 1 aromatic rings. The normalized spacial score (nSPS) is 14.4. The number of carbonyl (C=O) groups excluding carboxylic acids is 1. The molecule has 0 fully saturated rings. The lowest BCUT2D eigenvalue weighted by molar-refractivity contribution is -0.160. The van der Waals surface area contributed by atoms with Crippen molar-refractivity contribution >= 4 is 11.9 Å². The first-order valence-corrected chi connectivity index (χ1v) is 5.97. The second-order valence-electron chi connectivity index (χ2n) is 4.77. The fraction of sp³-hybridized carbons (Fsp3) is 0.462. The highest BCUT2D eigenvalue weighted by Gasteiger charge is 2.51. The van der Waals surface area contributed by atoms with Crippen molar-refractivity contribution in [2.75, 3.05) is 7.05 Å². The zero-order valence-electron chi connectivity index (χ0n) is 11.3. The first kappa shape index (κ1) is 15.1. The number of carboxylic acid groups (broad SMARTS) is 1. The van der Waals surface area contributed by atoms with Crippen molar-refractivity contribution in [2.24, 2.45) is 11.7 Å². The molecular formula is C13H19N3O3. The molecule has 0 saturated heterocycles. The lowest BCUT2D eigenvalue weighted by Crippen LogP contribution is -2.64. The van der Waals surface area contributed by atoms with Gasteiger partial charge in [0.05, 0.1) is 5.69 Å². The number of nitrogens with two attached hydrogens (primary N) is 1. The summed E-state index contributed by atoms with van der Waals surface area (Å²) in [5, 5.41) is 9.45. The Morgan fingerprint density at radius 2 is 2.11 bits per heavy atom. The minimum Gasteiger partial charge on any atom is -0.479 e. The van der Waals surface area contributed by atoms with Crippen molar-refractivity contribution in [3.05, 3.63) is 30.1 Å². The molecule has 3 N–H and O–H groups in total. The lowest BCUT2D eigenvalue weighted by atomic mass is 9.84. The number of nitrogens with zero attached hydrogens (tertiary/aromatic N) is 2. The number of rotatable bonds is 6. The van der Waals surface area contributed by atoms with E-state index in [2.05, 4.69) is 4.98 Å². The maximum atomic E-state index is 11.7. The Morgan fingerprint density at radius 3 is 2.47 bits per heavy atom. The fourth-order valence-electron chi connectivity index (χ4n) is 2.29. The number of carboxylic acids is 1. The molecule has 0 radical (unpaired) electrons. The average molecular weight is 265 g/mol. The number of hydrogen-bond acceptors (Lipinski definition) is 4. The van der Waals surface area contributed by atoms with Crippen LogP contribution in [-0.2, 0) is 16.1 Å². The van der Waals surface area contributed by atoms with Gasteiger partial charge in [-0.15, -0.1) is 0 Å². The van der Waals surface area contributed by atoms with E-state index in [0.717, 1.165) is 0 Å². The molecule has 0 spiro atoms. The van der Waals surface area contributed by atoms with E-state index >= 15 is 0 Å². The van der Waals surface area contributed by atoms with Gasteiger partial charge in [0.15, 0.2) is 0 Å². The monoisotopic (exact) mass is 265 g/mol. The van der Waals surface area contributed by atoms with Crippen LogP contribution in [0.1, 0.15) is 19.5 Å². The predicted molar refractivity (Wildman–Crippen MR) is 70.1 cm³/mol. The van der Waals surface area contributed by atoms with Crippen molar-refractivity contribution < 1.29 is 14.7 Å². The molecule has 1 atom stereocenters. The standard InChI is InChI=1S/C13H19N3O3/c1-9(2)13(11(14)17,12(18)19)16(3)8-10-6-4-5-7-15-10/h4-7,9H,8H2,1-3H3,(H2,14,17)(H,18,19). The SMILES string of the molecule is CC(C)C(C(N)=O)(C(=O)O)N(C)Cc1ccccn1. The van der Waals surface area contributed by atoms with E-state index in [1.165, 1.54) is 4.90 Å². The van der Waals surface area contributed by atoms with Gasteiger partial charge in [0.1, 0.15) is 0 Å². The van der Waals surface area contributed by atoms with Gasteiger partial charge in [0, 0.05) is 12.7 Å².